The van der Waals surface area contributed by atoms with Crippen molar-refractivity contribution >= 4 is 39.3 Å². The summed E-state index contributed by atoms with van der Waals surface area (Å²) in [6.07, 6.45) is 4.26. The molecule has 3 amide bonds. The van der Waals surface area contributed by atoms with Gasteiger partial charge in [0, 0.05) is 17.3 Å². The molecule has 1 aromatic heterocycles. The van der Waals surface area contributed by atoms with Crippen LogP contribution in [0.2, 0.25) is 0 Å². The first-order valence-electron chi connectivity index (χ1n) is 9.23. The number of carbonyl (C=O) groups excluding carboxylic acids is 3. The maximum atomic E-state index is 12.9. The fourth-order valence-corrected chi connectivity index (χ4v) is 5.10. The van der Waals surface area contributed by atoms with Crippen LogP contribution < -0.4 is 0 Å². The second-order valence-corrected chi connectivity index (χ2v) is 8.15. The molecule has 4 rings (SSSR count). The summed E-state index contributed by atoms with van der Waals surface area (Å²) in [7, 11) is 1.66. The molecule has 1 saturated carbocycles. The molecule has 7 heteroatoms. The Morgan fingerprint density at radius 1 is 1.19 bits per heavy atom. The number of urea groups is 1. The third-order valence-corrected chi connectivity index (χ3v) is 6.73. The molecule has 0 radical (unpaired) electrons. The minimum absolute atomic E-state index is 0.139. The van der Waals surface area contributed by atoms with Crippen molar-refractivity contribution < 1.29 is 19.1 Å². The molecule has 0 atom stereocenters. The van der Waals surface area contributed by atoms with Gasteiger partial charge >= 0.3 is 12.0 Å². The topological polar surface area (TPSA) is 66.9 Å². The SMILES string of the molecule is CN1C(=O)N(CC(=O)OCc2csc3ccccc23)C(=O)C12CCCCC2. The normalized spacial score (nSPS) is 19.3. The van der Waals surface area contributed by atoms with Crippen LogP contribution in [0.5, 0.6) is 0 Å². The number of likely N-dealkylation sites (N-methyl/N-ethyl adjacent to an activating group) is 1. The second kappa shape index (κ2) is 6.96. The van der Waals surface area contributed by atoms with E-state index in [0.717, 1.165) is 39.8 Å². The number of hydrogen-bond acceptors (Lipinski definition) is 5. The van der Waals surface area contributed by atoms with Crippen LogP contribution in [0.15, 0.2) is 29.6 Å². The number of carbonyl (C=O) groups is 3. The lowest BCUT2D eigenvalue weighted by Gasteiger charge is -2.35. The Hall–Kier alpha value is -2.41. The summed E-state index contributed by atoms with van der Waals surface area (Å²) in [5.41, 5.74) is 0.169. The number of rotatable bonds is 4. The summed E-state index contributed by atoms with van der Waals surface area (Å²) in [4.78, 5) is 40.4. The molecule has 27 heavy (non-hydrogen) atoms. The average molecular weight is 386 g/mol. The summed E-state index contributed by atoms with van der Waals surface area (Å²) < 4.78 is 6.50. The highest BCUT2D eigenvalue weighted by Gasteiger charge is 2.55. The van der Waals surface area contributed by atoms with E-state index in [2.05, 4.69) is 0 Å². The molecule has 6 nitrogen and oxygen atoms in total. The number of hydrogen-bond donors (Lipinski definition) is 0. The van der Waals surface area contributed by atoms with Crippen molar-refractivity contribution in [2.75, 3.05) is 13.6 Å². The molecule has 1 aromatic carbocycles. The van der Waals surface area contributed by atoms with Gasteiger partial charge in [-0.25, -0.2) is 4.79 Å². The molecule has 0 bridgehead atoms. The molecule has 0 N–H and O–H groups in total. The first kappa shape index (κ1) is 18.0. The first-order valence-corrected chi connectivity index (χ1v) is 10.1. The zero-order valence-corrected chi connectivity index (χ0v) is 16.1. The van der Waals surface area contributed by atoms with Gasteiger partial charge in [0.25, 0.3) is 5.91 Å². The van der Waals surface area contributed by atoms with E-state index < -0.39 is 17.5 Å². The fraction of sp³-hybridized carbons (Fsp3) is 0.450. The van der Waals surface area contributed by atoms with E-state index in [1.54, 1.807) is 18.4 Å². The standard InChI is InChI=1S/C20H22N2O4S/c1-21-19(25)22(18(24)20(21)9-5-2-6-10-20)11-17(23)26-12-14-13-27-16-8-4-3-7-15(14)16/h3-4,7-8,13H,2,5-6,9-12H2,1H3. The van der Waals surface area contributed by atoms with Gasteiger partial charge in [-0.05, 0) is 29.7 Å². The molecular weight excluding hydrogens is 364 g/mol. The number of ether oxygens (including phenoxy) is 1. The van der Waals surface area contributed by atoms with Crippen molar-refractivity contribution in [3.8, 4) is 0 Å². The third kappa shape index (κ3) is 3.00. The Morgan fingerprint density at radius 3 is 2.70 bits per heavy atom. The smallest absolute Gasteiger partial charge is 0.327 e. The molecule has 1 aliphatic carbocycles. The van der Waals surface area contributed by atoms with E-state index in [1.165, 1.54) is 4.90 Å². The third-order valence-electron chi connectivity index (χ3n) is 5.72. The Morgan fingerprint density at radius 2 is 1.93 bits per heavy atom. The monoisotopic (exact) mass is 386 g/mol. The van der Waals surface area contributed by atoms with Gasteiger partial charge in [-0.2, -0.15) is 0 Å². The molecular formula is C20H22N2O4S. The van der Waals surface area contributed by atoms with E-state index in [-0.39, 0.29) is 19.1 Å². The molecule has 1 aliphatic heterocycles. The number of benzene rings is 1. The lowest BCUT2D eigenvalue weighted by Crippen LogP contribution is -2.49. The molecule has 2 aliphatic rings. The minimum Gasteiger partial charge on any atom is -0.459 e. The van der Waals surface area contributed by atoms with Crippen molar-refractivity contribution in [3.63, 3.8) is 0 Å². The Kier molecular flexibility index (Phi) is 4.63. The number of fused-ring (bicyclic) bond motifs is 1. The summed E-state index contributed by atoms with van der Waals surface area (Å²) in [6.45, 7) is -0.189. The van der Waals surface area contributed by atoms with Gasteiger partial charge in [0.2, 0.25) is 0 Å². The number of thiophene rings is 1. The van der Waals surface area contributed by atoms with Crippen molar-refractivity contribution in [3.05, 3.63) is 35.2 Å². The van der Waals surface area contributed by atoms with Crippen LogP contribution in [0.3, 0.4) is 0 Å². The van der Waals surface area contributed by atoms with Crippen LogP contribution in [-0.2, 0) is 20.9 Å². The quantitative estimate of drug-likeness (QED) is 0.595. The van der Waals surface area contributed by atoms with E-state index in [4.69, 9.17) is 4.74 Å². The largest absolute Gasteiger partial charge is 0.459 e. The number of nitrogens with zero attached hydrogens (tertiary/aromatic N) is 2. The van der Waals surface area contributed by atoms with Crippen molar-refractivity contribution in [2.45, 2.75) is 44.2 Å². The molecule has 1 spiro atoms. The van der Waals surface area contributed by atoms with Crippen LogP contribution in [0.25, 0.3) is 10.1 Å². The molecule has 2 heterocycles. The molecule has 2 aromatic rings. The van der Waals surface area contributed by atoms with Gasteiger partial charge < -0.3 is 9.64 Å². The summed E-state index contributed by atoms with van der Waals surface area (Å²) in [5.74, 6) is -0.819. The lowest BCUT2D eigenvalue weighted by molar-refractivity contribution is -0.149. The van der Waals surface area contributed by atoms with Gasteiger partial charge in [-0.1, -0.05) is 37.5 Å². The van der Waals surface area contributed by atoms with E-state index in [1.807, 2.05) is 29.6 Å². The summed E-state index contributed by atoms with van der Waals surface area (Å²) in [5, 5.41) is 3.03. The van der Waals surface area contributed by atoms with Gasteiger partial charge in [-0.3, -0.25) is 14.5 Å². The van der Waals surface area contributed by atoms with Crippen LogP contribution in [0.4, 0.5) is 4.79 Å². The summed E-state index contributed by atoms with van der Waals surface area (Å²) in [6, 6.07) is 7.52. The predicted octanol–water partition coefficient (Wildman–Crippen LogP) is 3.54. The van der Waals surface area contributed by atoms with Crippen LogP contribution in [0, 0.1) is 0 Å². The Labute approximate surface area is 161 Å². The first-order chi connectivity index (χ1) is 13.0. The minimum atomic E-state index is -0.765. The zero-order valence-electron chi connectivity index (χ0n) is 15.3. The van der Waals surface area contributed by atoms with Gasteiger partial charge in [0.15, 0.2) is 0 Å². The van der Waals surface area contributed by atoms with Crippen molar-refractivity contribution in [1.82, 2.24) is 9.80 Å². The summed E-state index contributed by atoms with van der Waals surface area (Å²) >= 11 is 1.60. The van der Waals surface area contributed by atoms with E-state index >= 15 is 0 Å². The van der Waals surface area contributed by atoms with Gasteiger partial charge in [0.1, 0.15) is 18.7 Å². The molecule has 0 unspecified atom stereocenters. The van der Waals surface area contributed by atoms with E-state index in [9.17, 15) is 14.4 Å². The van der Waals surface area contributed by atoms with Gasteiger partial charge in [0.05, 0.1) is 0 Å². The maximum Gasteiger partial charge on any atom is 0.327 e. The molecule has 2 fully saturated rings. The molecule has 142 valence electrons. The highest BCUT2D eigenvalue weighted by atomic mass is 32.1. The molecule has 1 saturated heterocycles. The lowest BCUT2D eigenvalue weighted by atomic mass is 9.81. The van der Waals surface area contributed by atoms with Crippen LogP contribution in [0.1, 0.15) is 37.7 Å². The van der Waals surface area contributed by atoms with Crippen molar-refractivity contribution in [1.29, 1.82) is 0 Å². The fourth-order valence-electron chi connectivity index (χ4n) is 4.15. The van der Waals surface area contributed by atoms with E-state index in [0.29, 0.717) is 12.8 Å². The number of imide groups is 1. The Balaban J connectivity index is 1.42. The predicted molar refractivity (Wildman–Crippen MR) is 102 cm³/mol. The average Bonchev–Trinajstić information content (AvgIpc) is 3.18. The highest BCUT2D eigenvalue weighted by molar-refractivity contribution is 7.17. The number of esters is 1. The zero-order chi connectivity index (χ0) is 19.0. The Bertz CT molecular complexity index is 900. The second-order valence-electron chi connectivity index (χ2n) is 7.24. The highest BCUT2D eigenvalue weighted by Crippen LogP contribution is 2.39. The van der Waals surface area contributed by atoms with Crippen LogP contribution >= 0.6 is 11.3 Å². The van der Waals surface area contributed by atoms with Gasteiger partial charge in [-0.15, -0.1) is 11.3 Å². The number of amides is 3. The maximum absolute atomic E-state index is 12.9. The van der Waals surface area contributed by atoms with Crippen LogP contribution in [-0.4, -0.2) is 46.8 Å². The van der Waals surface area contributed by atoms with Crippen molar-refractivity contribution in [2.24, 2.45) is 0 Å².